The second-order valence-electron chi connectivity index (χ2n) is 6.17. The highest BCUT2D eigenvalue weighted by molar-refractivity contribution is 9.10. The molecular formula is C17H22BrN3O3. The van der Waals surface area contributed by atoms with Crippen molar-refractivity contribution < 1.29 is 14.4 Å². The number of benzene rings is 1. The SMILES string of the molecule is Cc1cc(Br)ccc1C(=O)N1CCN(C(=O)C(=O)NC(C)C)CC1. The number of nitrogens with zero attached hydrogens (tertiary/aromatic N) is 2. The molecule has 6 nitrogen and oxygen atoms in total. The molecule has 0 atom stereocenters. The van der Waals surface area contributed by atoms with Crippen LogP contribution in [0.4, 0.5) is 0 Å². The molecule has 24 heavy (non-hydrogen) atoms. The Morgan fingerprint density at radius 1 is 1.08 bits per heavy atom. The van der Waals surface area contributed by atoms with Gasteiger partial charge in [-0.25, -0.2) is 0 Å². The van der Waals surface area contributed by atoms with Crippen molar-refractivity contribution in [3.8, 4) is 0 Å². The molecular weight excluding hydrogens is 374 g/mol. The van der Waals surface area contributed by atoms with Gasteiger partial charge in [0.05, 0.1) is 0 Å². The maximum absolute atomic E-state index is 12.6. The van der Waals surface area contributed by atoms with Crippen LogP contribution in [0.3, 0.4) is 0 Å². The highest BCUT2D eigenvalue weighted by Gasteiger charge is 2.28. The van der Waals surface area contributed by atoms with Crippen LogP contribution >= 0.6 is 15.9 Å². The Bertz CT molecular complexity index is 652. The van der Waals surface area contributed by atoms with E-state index in [2.05, 4.69) is 21.2 Å². The monoisotopic (exact) mass is 395 g/mol. The van der Waals surface area contributed by atoms with Crippen molar-refractivity contribution >= 4 is 33.7 Å². The van der Waals surface area contributed by atoms with E-state index in [1.54, 1.807) is 11.0 Å². The van der Waals surface area contributed by atoms with Crippen molar-refractivity contribution in [1.82, 2.24) is 15.1 Å². The predicted octanol–water partition coefficient (Wildman–Crippen LogP) is 1.57. The quantitative estimate of drug-likeness (QED) is 0.772. The lowest BCUT2D eigenvalue weighted by Crippen LogP contribution is -2.54. The van der Waals surface area contributed by atoms with Crippen LogP contribution in [0.1, 0.15) is 29.8 Å². The summed E-state index contributed by atoms with van der Waals surface area (Å²) in [7, 11) is 0. The smallest absolute Gasteiger partial charge is 0.312 e. The third-order valence-electron chi connectivity index (χ3n) is 3.89. The lowest BCUT2D eigenvalue weighted by atomic mass is 10.1. The zero-order chi connectivity index (χ0) is 17.9. The number of halogens is 1. The molecule has 1 aromatic carbocycles. The van der Waals surface area contributed by atoms with Crippen LogP contribution in [0, 0.1) is 6.92 Å². The van der Waals surface area contributed by atoms with E-state index < -0.39 is 11.8 Å². The molecule has 3 amide bonds. The van der Waals surface area contributed by atoms with Crippen molar-refractivity contribution in [3.63, 3.8) is 0 Å². The second-order valence-corrected chi connectivity index (χ2v) is 7.09. The van der Waals surface area contributed by atoms with Crippen molar-refractivity contribution in [2.75, 3.05) is 26.2 Å². The van der Waals surface area contributed by atoms with Crippen LogP contribution in [0.2, 0.25) is 0 Å². The zero-order valence-electron chi connectivity index (χ0n) is 14.1. The minimum absolute atomic E-state index is 0.0428. The van der Waals surface area contributed by atoms with Crippen molar-refractivity contribution in [2.24, 2.45) is 0 Å². The standard InChI is InChI=1S/C17H22BrN3O3/c1-11(2)19-15(22)17(24)21-8-6-20(7-9-21)16(23)14-5-4-13(18)10-12(14)3/h4-5,10-11H,6-9H2,1-3H3,(H,19,22). The van der Waals surface area contributed by atoms with Gasteiger partial charge >= 0.3 is 11.8 Å². The van der Waals surface area contributed by atoms with Crippen LogP contribution < -0.4 is 5.32 Å². The van der Waals surface area contributed by atoms with E-state index in [0.717, 1.165) is 10.0 Å². The van der Waals surface area contributed by atoms with Crippen LogP contribution in [-0.4, -0.2) is 59.7 Å². The summed E-state index contributed by atoms with van der Waals surface area (Å²) in [5.74, 6) is -1.16. The summed E-state index contributed by atoms with van der Waals surface area (Å²) in [6, 6.07) is 5.47. The van der Waals surface area contributed by atoms with Gasteiger partial charge in [0, 0.05) is 42.3 Å². The van der Waals surface area contributed by atoms with Gasteiger partial charge < -0.3 is 15.1 Å². The Balaban J connectivity index is 1.96. The summed E-state index contributed by atoms with van der Waals surface area (Å²) in [6.07, 6.45) is 0. The Morgan fingerprint density at radius 3 is 2.21 bits per heavy atom. The molecule has 1 fully saturated rings. The summed E-state index contributed by atoms with van der Waals surface area (Å²) in [5, 5.41) is 2.60. The summed E-state index contributed by atoms with van der Waals surface area (Å²) in [4.78, 5) is 39.7. The van der Waals surface area contributed by atoms with Crippen LogP contribution in [0.25, 0.3) is 0 Å². The van der Waals surface area contributed by atoms with Gasteiger partial charge in [-0.05, 0) is 44.5 Å². The molecule has 0 unspecified atom stereocenters. The highest BCUT2D eigenvalue weighted by atomic mass is 79.9. The van der Waals surface area contributed by atoms with E-state index in [1.807, 2.05) is 32.9 Å². The topological polar surface area (TPSA) is 69.7 Å². The molecule has 0 spiro atoms. The molecule has 0 bridgehead atoms. The Morgan fingerprint density at radius 2 is 1.67 bits per heavy atom. The summed E-state index contributed by atoms with van der Waals surface area (Å²) in [6.45, 7) is 7.10. The highest BCUT2D eigenvalue weighted by Crippen LogP contribution is 2.18. The van der Waals surface area contributed by atoms with E-state index in [9.17, 15) is 14.4 Å². The molecule has 130 valence electrons. The van der Waals surface area contributed by atoms with E-state index in [-0.39, 0.29) is 11.9 Å². The third-order valence-corrected chi connectivity index (χ3v) is 4.38. The number of rotatable bonds is 2. The number of carbonyl (C=O) groups excluding carboxylic acids is 3. The fourth-order valence-electron chi connectivity index (χ4n) is 2.62. The van der Waals surface area contributed by atoms with E-state index in [1.165, 1.54) is 4.90 Å². The first-order valence-electron chi connectivity index (χ1n) is 7.94. The number of amides is 3. The van der Waals surface area contributed by atoms with Gasteiger partial charge in [0.2, 0.25) is 0 Å². The second kappa shape index (κ2) is 7.79. The fraction of sp³-hybridized carbons (Fsp3) is 0.471. The van der Waals surface area contributed by atoms with Crippen LogP contribution in [0.5, 0.6) is 0 Å². The predicted molar refractivity (Wildman–Crippen MR) is 94.6 cm³/mol. The first-order chi connectivity index (χ1) is 11.3. The van der Waals surface area contributed by atoms with Gasteiger partial charge in [-0.3, -0.25) is 14.4 Å². The van der Waals surface area contributed by atoms with Gasteiger partial charge in [-0.2, -0.15) is 0 Å². The Kier molecular flexibility index (Phi) is 5.99. The maximum atomic E-state index is 12.6. The summed E-state index contributed by atoms with van der Waals surface area (Å²) in [5.41, 5.74) is 1.57. The van der Waals surface area contributed by atoms with Gasteiger partial charge in [-0.1, -0.05) is 15.9 Å². The number of hydrogen-bond acceptors (Lipinski definition) is 3. The van der Waals surface area contributed by atoms with E-state index in [0.29, 0.717) is 31.7 Å². The molecule has 1 N–H and O–H groups in total. The molecule has 1 aromatic rings. The molecule has 2 rings (SSSR count). The average molecular weight is 396 g/mol. The maximum Gasteiger partial charge on any atom is 0.312 e. The number of piperazine rings is 1. The Hall–Kier alpha value is -1.89. The van der Waals surface area contributed by atoms with Crippen molar-refractivity contribution in [2.45, 2.75) is 26.8 Å². The first kappa shape index (κ1) is 18.4. The first-order valence-corrected chi connectivity index (χ1v) is 8.74. The molecule has 1 heterocycles. The normalized spacial score (nSPS) is 14.7. The number of hydrogen-bond donors (Lipinski definition) is 1. The third kappa shape index (κ3) is 4.35. The lowest BCUT2D eigenvalue weighted by Gasteiger charge is -2.34. The van der Waals surface area contributed by atoms with Crippen molar-refractivity contribution in [3.05, 3.63) is 33.8 Å². The lowest BCUT2D eigenvalue weighted by molar-refractivity contribution is -0.147. The van der Waals surface area contributed by atoms with Gasteiger partial charge in [-0.15, -0.1) is 0 Å². The number of nitrogens with one attached hydrogen (secondary N) is 1. The number of carbonyl (C=O) groups is 3. The molecule has 0 aromatic heterocycles. The molecule has 0 radical (unpaired) electrons. The van der Waals surface area contributed by atoms with E-state index >= 15 is 0 Å². The zero-order valence-corrected chi connectivity index (χ0v) is 15.7. The molecule has 1 aliphatic rings. The van der Waals surface area contributed by atoms with Gasteiger partial charge in [0.25, 0.3) is 5.91 Å². The van der Waals surface area contributed by atoms with Crippen LogP contribution in [0.15, 0.2) is 22.7 Å². The minimum atomic E-state index is -0.589. The molecule has 1 aliphatic heterocycles. The largest absolute Gasteiger partial charge is 0.346 e. The Labute approximate surface area is 150 Å². The van der Waals surface area contributed by atoms with Crippen LogP contribution in [-0.2, 0) is 9.59 Å². The average Bonchev–Trinajstić information content (AvgIpc) is 2.53. The molecule has 0 saturated carbocycles. The number of aryl methyl sites for hydroxylation is 1. The molecule has 7 heteroatoms. The van der Waals surface area contributed by atoms with Gasteiger partial charge in [0.15, 0.2) is 0 Å². The summed E-state index contributed by atoms with van der Waals surface area (Å²) < 4.78 is 0.933. The van der Waals surface area contributed by atoms with Gasteiger partial charge in [0.1, 0.15) is 0 Å². The van der Waals surface area contributed by atoms with E-state index in [4.69, 9.17) is 0 Å². The molecule has 1 saturated heterocycles. The van der Waals surface area contributed by atoms with Crippen molar-refractivity contribution in [1.29, 1.82) is 0 Å². The fourth-order valence-corrected chi connectivity index (χ4v) is 3.09. The summed E-state index contributed by atoms with van der Waals surface area (Å²) >= 11 is 3.39. The minimum Gasteiger partial charge on any atom is -0.346 e. The molecule has 0 aliphatic carbocycles.